The molecule has 0 aliphatic carbocycles. The van der Waals surface area contributed by atoms with Crippen molar-refractivity contribution < 1.29 is 5.11 Å². The van der Waals surface area contributed by atoms with Crippen LogP contribution >= 0.6 is 0 Å². The molecule has 3 aromatic rings. The van der Waals surface area contributed by atoms with Crippen molar-refractivity contribution in [1.82, 2.24) is 9.78 Å². The fourth-order valence-corrected chi connectivity index (χ4v) is 1.85. The Morgan fingerprint density at radius 3 is 2.28 bits per heavy atom. The van der Waals surface area contributed by atoms with Crippen molar-refractivity contribution in [3.8, 4) is 22.6 Å². The molecule has 1 aromatic heterocycles. The Balaban J connectivity index is 1.97. The summed E-state index contributed by atoms with van der Waals surface area (Å²) < 4.78 is 1.79. The first kappa shape index (κ1) is 10.6. The topological polar surface area (TPSA) is 38.0 Å². The molecule has 0 bridgehead atoms. The Labute approximate surface area is 105 Å². The third-order valence-corrected chi connectivity index (χ3v) is 2.80. The number of hydrogen-bond donors (Lipinski definition) is 1. The summed E-state index contributed by atoms with van der Waals surface area (Å²) in [5.74, 6) is 0.259. The molecule has 1 heterocycles. The fraction of sp³-hybridized carbons (Fsp3) is 0. The van der Waals surface area contributed by atoms with Crippen LogP contribution in [0.2, 0.25) is 0 Å². The second kappa shape index (κ2) is 4.37. The summed E-state index contributed by atoms with van der Waals surface area (Å²) in [5.41, 5.74) is 3.14. The molecular weight excluding hydrogens is 224 g/mol. The number of benzene rings is 2. The molecule has 18 heavy (non-hydrogen) atoms. The summed E-state index contributed by atoms with van der Waals surface area (Å²) in [6, 6.07) is 17.1. The van der Waals surface area contributed by atoms with Crippen LogP contribution in [0, 0.1) is 0 Å². The summed E-state index contributed by atoms with van der Waals surface area (Å²) >= 11 is 0. The molecule has 3 heteroatoms. The van der Waals surface area contributed by atoms with Crippen molar-refractivity contribution in [2.24, 2.45) is 0 Å². The van der Waals surface area contributed by atoms with Crippen LogP contribution in [0.1, 0.15) is 0 Å². The molecule has 88 valence electrons. The molecule has 0 saturated heterocycles. The van der Waals surface area contributed by atoms with Crippen molar-refractivity contribution in [3.05, 3.63) is 67.0 Å². The van der Waals surface area contributed by atoms with E-state index in [-0.39, 0.29) is 5.75 Å². The van der Waals surface area contributed by atoms with Crippen LogP contribution in [0.25, 0.3) is 16.8 Å². The van der Waals surface area contributed by atoms with Crippen molar-refractivity contribution >= 4 is 0 Å². The molecule has 0 atom stereocenters. The van der Waals surface area contributed by atoms with Gasteiger partial charge in [0.2, 0.25) is 0 Å². The Hall–Kier alpha value is -2.55. The summed E-state index contributed by atoms with van der Waals surface area (Å²) in [6.45, 7) is 0. The van der Waals surface area contributed by atoms with Gasteiger partial charge in [0.05, 0.1) is 11.9 Å². The summed E-state index contributed by atoms with van der Waals surface area (Å²) in [4.78, 5) is 0. The lowest BCUT2D eigenvalue weighted by Gasteiger charge is -2.00. The first-order chi connectivity index (χ1) is 8.83. The van der Waals surface area contributed by atoms with E-state index in [1.807, 2.05) is 42.7 Å². The molecule has 0 aliphatic rings. The van der Waals surface area contributed by atoms with Gasteiger partial charge in [-0.3, -0.25) is 0 Å². The lowest BCUT2D eigenvalue weighted by atomic mass is 10.1. The quantitative estimate of drug-likeness (QED) is 0.741. The molecule has 2 aromatic carbocycles. The maximum absolute atomic E-state index is 9.26. The van der Waals surface area contributed by atoms with Crippen LogP contribution in [0.15, 0.2) is 67.0 Å². The zero-order chi connectivity index (χ0) is 12.4. The van der Waals surface area contributed by atoms with E-state index in [0.717, 1.165) is 16.8 Å². The molecule has 3 rings (SSSR count). The standard InChI is InChI=1S/C15H12N2O/c18-15-8-6-14(7-9-15)17-11-13(10-16-17)12-4-2-1-3-5-12/h1-11,18H. The fourth-order valence-electron chi connectivity index (χ4n) is 1.85. The van der Waals surface area contributed by atoms with Crippen molar-refractivity contribution in [1.29, 1.82) is 0 Å². The van der Waals surface area contributed by atoms with Crippen molar-refractivity contribution in [2.45, 2.75) is 0 Å². The van der Waals surface area contributed by atoms with Gasteiger partial charge in [-0.15, -0.1) is 0 Å². The number of phenolic OH excluding ortho intramolecular Hbond substituents is 1. The molecule has 0 saturated carbocycles. The lowest BCUT2D eigenvalue weighted by molar-refractivity contribution is 0.475. The lowest BCUT2D eigenvalue weighted by Crippen LogP contribution is -1.92. The highest BCUT2D eigenvalue weighted by atomic mass is 16.3. The predicted molar refractivity (Wildman–Crippen MR) is 70.7 cm³/mol. The number of aromatic nitrogens is 2. The minimum Gasteiger partial charge on any atom is -0.508 e. The zero-order valence-corrected chi connectivity index (χ0v) is 9.69. The van der Waals surface area contributed by atoms with Gasteiger partial charge in [0.25, 0.3) is 0 Å². The van der Waals surface area contributed by atoms with Crippen LogP contribution < -0.4 is 0 Å². The van der Waals surface area contributed by atoms with Gasteiger partial charge in [0, 0.05) is 11.8 Å². The molecule has 0 spiro atoms. The predicted octanol–water partition coefficient (Wildman–Crippen LogP) is 3.24. The van der Waals surface area contributed by atoms with Crippen LogP contribution in [0.3, 0.4) is 0 Å². The molecule has 0 radical (unpaired) electrons. The third-order valence-electron chi connectivity index (χ3n) is 2.80. The molecule has 3 nitrogen and oxygen atoms in total. The Morgan fingerprint density at radius 2 is 1.56 bits per heavy atom. The highest BCUT2D eigenvalue weighted by molar-refractivity contribution is 5.62. The maximum atomic E-state index is 9.26. The molecule has 0 aliphatic heterocycles. The molecule has 0 amide bonds. The monoisotopic (exact) mass is 236 g/mol. The van der Waals surface area contributed by atoms with Gasteiger partial charge in [-0.2, -0.15) is 5.10 Å². The van der Waals surface area contributed by atoms with Crippen LogP contribution in [0.4, 0.5) is 0 Å². The Bertz CT molecular complexity index is 642. The van der Waals surface area contributed by atoms with Crippen molar-refractivity contribution in [3.63, 3.8) is 0 Å². The zero-order valence-electron chi connectivity index (χ0n) is 9.69. The number of phenols is 1. The molecular formula is C15H12N2O. The smallest absolute Gasteiger partial charge is 0.115 e. The Morgan fingerprint density at radius 1 is 0.833 bits per heavy atom. The summed E-state index contributed by atoms with van der Waals surface area (Å²) in [5, 5.41) is 13.6. The van der Waals surface area contributed by atoms with Crippen LogP contribution in [-0.4, -0.2) is 14.9 Å². The first-order valence-electron chi connectivity index (χ1n) is 5.72. The summed E-state index contributed by atoms with van der Waals surface area (Å²) in [7, 11) is 0. The van der Waals surface area contributed by atoms with E-state index >= 15 is 0 Å². The largest absolute Gasteiger partial charge is 0.508 e. The van der Waals surface area contributed by atoms with Gasteiger partial charge in [-0.25, -0.2) is 4.68 Å². The maximum Gasteiger partial charge on any atom is 0.115 e. The van der Waals surface area contributed by atoms with Crippen LogP contribution in [0.5, 0.6) is 5.75 Å². The minimum atomic E-state index is 0.259. The van der Waals surface area contributed by atoms with Gasteiger partial charge in [-0.1, -0.05) is 30.3 Å². The van der Waals surface area contributed by atoms with Crippen LogP contribution in [-0.2, 0) is 0 Å². The molecule has 0 fully saturated rings. The minimum absolute atomic E-state index is 0.259. The normalized spacial score (nSPS) is 10.4. The van der Waals surface area contributed by atoms with E-state index < -0.39 is 0 Å². The number of aromatic hydroxyl groups is 1. The van der Waals surface area contributed by atoms with E-state index in [4.69, 9.17) is 0 Å². The van der Waals surface area contributed by atoms with E-state index in [9.17, 15) is 5.11 Å². The van der Waals surface area contributed by atoms with Gasteiger partial charge in [0.1, 0.15) is 5.75 Å². The van der Waals surface area contributed by atoms with E-state index in [1.54, 1.807) is 16.8 Å². The van der Waals surface area contributed by atoms with Gasteiger partial charge < -0.3 is 5.11 Å². The highest BCUT2D eigenvalue weighted by Crippen LogP contribution is 2.20. The molecule has 0 unspecified atom stereocenters. The SMILES string of the molecule is Oc1ccc(-n2cc(-c3ccccc3)cn2)cc1. The molecule has 1 N–H and O–H groups in total. The average molecular weight is 236 g/mol. The van der Waals surface area contributed by atoms with E-state index in [0.29, 0.717) is 0 Å². The second-order valence-corrected chi connectivity index (χ2v) is 4.06. The highest BCUT2D eigenvalue weighted by Gasteiger charge is 2.02. The van der Waals surface area contributed by atoms with Gasteiger partial charge in [0.15, 0.2) is 0 Å². The second-order valence-electron chi connectivity index (χ2n) is 4.06. The summed E-state index contributed by atoms with van der Waals surface area (Å²) in [6.07, 6.45) is 3.81. The van der Waals surface area contributed by atoms with E-state index in [1.165, 1.54) is 0 Å². The van der Waals surface area contributed by atoms with E-state index in [2.05, 4.69) is 17.2 Å². The van der Waals surface area contributed by atoms with Crippen molar-refractivity contribution in [2.75, 3.05) is 0 Å². The average Bonchev–Trinajstić information content (AvgIpc) is 2.90. The number of nitrogens with zero attached hydrogens (tertiary/aromatic N) is 2. The third kappa shape index (κ3) is 1.98. The first-order valence-corrected chi connectivity index (χ1v) is 5.72. The van der Waals surface area contributed by atoms with Gasteiger partial charge >= 0.3 is 0 Å². The Kier molecular flexibility index (Phi) is 2.57. The number of hydrogen-bond acceptors (Lipinski definition) is 2. The number of rotatable bonds is 2. The van der Waals surface area contributed by atoms with Gasteiger partial charge in [-0.05, 0) is 29.8 Å².